The molecule has 4 rings (SSSR count). The van der Waals surface area contributed by atoms with Gasteiger partial charge in [0.05, 0.1) is 12.3 Å². The third-order valence-corrected chi connectivity index (χ3v) is 5.28. The van der Waals surface area contributed by atoms with Crippen LogP contribution >= 0.6 is 0 Å². The van der Waals surface area contributed by atoms with E-state index >= 15 is 0 Å². The average Bonchev–Trinajstić information content (AvgIpc) is 2.97. The highest BCUT2D eigenvalue weighted by Gasteiger charge is 2.49. The van der Waals surface area contributed by atoms with Crippen LogP contribution in [0.4, 0.5) is 0 Å². The third kappa shape index (κ3) is 1.79. The smallest absolute Gasteiger partial charge is 0.317 e. The molecule has 4 heteroatoms. The normalized spacial score (nSPS) is 33.6. The molecule has 0 N–H and O–H groups in total. The molecule has 0 aromatic heterocycles. The SMILES string of the molecule is C=C1CC(=O)[C@@H]2CC(C3CC(=O)OC3=O)c3ccccc3C12. The molecule has 4 nitrogen and oxygen atoms in total. The summed E-state index contributed by atoms with van der Waals surface area (Å²) in [6, 6.07) is 7.91. The highest BCUT2D eigenvalue weighted by Crippen LogP contribution is 2.54. The maximum absolute atomic E-state index is 12.3. The number of carbonyl (C=O) groups is 3. The Balaban J connectivity index is 1.81. The van der Waals surface area contributed by atoms with Gasteiger partial charge in [0, 0.05) is 18.3 Å². The summed E-state index contributed by atoms with van der Waals surface area (Å²) in [4.78, 5) is 35.7. The Labute approximate surface area is 128 Å². The quantitative estimate of drug-likeness (QED) is 0.454. The molecule has 3 unspecified atom stereocenters. The Morgan fingerprint density at radius 3 is 2.41 bits per heavy atom. The fourth-order valence-electron chi connectivity index (χ4n) is 4.35. The van der Waals surface area contributed by atoms with Gasteiger partial charge >= 0.3 is 11.9 Å². The predicted molar refractivity (Wildman–Crippen MR) is 78.0 cm³/mol. The van der Waals surface area contributed by atoms with E-state index < -0.39 is 17.9 Å². The molecular weight excluding hydrogens is 280 g/mol. The summed E-state index contributed by atoms with van der Waals surface area (Å²) in [6.45, 7) is 4.07. The summed E-state index contributed by atoms with van der Waals surface area (Å²) in [6.07, 6.45) is 1.14. The number of esters is 2. The summed E-state index contributed by atoms with van der Waals surface area (Å²) in [5.41, 5.74) is 3.12. The fraction of sp³-hybridized carbons (Fsp3) is 0.389. The highest BCUT2D eigenvalue weighted by atomic mass is 16.6. The van der Waals surface area contributed by atoms with Crippen molar-refractivity contribution in [2.24, 2.45) is 11.8 Å². The number of ketones is 1. The second-order valence-electron chi connectivity index (χ2n) is 6.46. The van der Waals surface area contributed by atoms with Gasteiger partial charge in [-0.1, -0.05) is 36.4 Å². The van der Waals surface area contributed by atoms with Crippen LogP contribution in [-0.2, 0) is 19.1 Å². The van der Waals surface area contributed by atoms with Crippen molar-refractivity contribution in [1.82, 2.24) is 0 Å². The van der Waals surface area contributed by atoms with Crippen LogP contribution in [0.25, 0.3) is 0 Å². The van der Waals surface area contributed by atoms with Gasteiger partial charge in [-0.3, -0.25) is 14.4 Å². The second kappa shape index (κ2) is 4.63. The van der Waals surface area contributed by atoms with E-state index in [9.17, 15) is 14.4 Å². The summed E-state index contributed by atoms with van der Waals surface area (Å²) >= 11 is 0. The molecular formula is C18H16O4. The van der Waals surface area contributed by atoms with E-state index in [-0.39, 0.29) is 30.0 Å². The first-order valence-corrected chi connectivity index (χ1v) is 7.60. The molecule has 112 valence electrons. The number of rotatable bonds is 1. The number of Topliss-reactive ketones (excluding diaryl/α,β-unsaturated/α-hetero) is 1. The average molecular weight is 296 g/mol. The van der Waals surface area contributed by atoms with Crippen molar-refractivity contribution in [2.45, 2.75) is 31.1 Å². The summed E-state index contributed by atoms with van der Waals surface area (Å²) in [7, 11) is 0. The summed E-state index contributed by atoms with van der Waals surface area (Å²) < 4.78 is 4.72. The molecule has 0 amide bonds. The van der Waals surface area contributed by atoms with Gasteiger partial charge in [0.2, 0.25) is 0 Å². The molecule has 2 aliphatic carbocycles. The van der Waals surface area contributed by atoms with E-state index in [0.717, 1.165) is 16.7 Å². The van der Waals surface area contributed by atoms with Crippen molar-refractivity contribution in [2.75, 3.05) is 0 Å². The zero-order valence-electron chi connectivity index (χ0n) is 12.1. The molecule has 4 atom stereocenters. The number of hydrogen-bond acceptors (Lipinski definition) is 4. The minimum absolute atomic E-state index is 0.0630. The van der Waals surface area contributed by atoms with Crippen molar-refractivity contribution < 1.29 is 19.1 Å². The van der Waals surface area contributed by atoms with Crippen molar-refractivity contribution in [3.8, 4) is 0 Å². The first kappa shape index (κ1) is 13.4. The van der Waals surface area contributed by atoms with Gasteiger partial charge in [-0.05, 0) is 23.5 Å². The van der Waals surface area contributed by atoms with Gasteiger partial charge in [-0.2, -0.15) is 0 Å². The molecule has 0 spiro atoms. The van der Waals surface area contributed by atoms with Crippen LogP contribution in [0.15, 0.2) is 36.4 Å². The standard InChI is InChI=1S/C18H16O4/c1-9-6-15(19)14-7-12(13-8-16(20)22-18(13)21)10-4-2-3-5-11(10)17(9)14/h2-5,12-14,17H,1,6-8H2/t12?,13?,14-,17?/m0/s1. The number of allylic oxidation sites excluding steroid dienone is 1. The zero-order valence-corrected chi connectivity index (χ0v) is 12.1. The number of benzene rings is 1. The van der Waals surface area contributed by atoms with Crippen LogP contribution in [0.5, 0.6) is 0 Å². The first-order chi connectivity index (χ1) is 10.6. The highest BCUT2D eigenvalue weighted by molar-refractivity contribution is 5.95. The minimum atomic E-state index is -0.462. The monoisotopic (exact) mass is 296 g/mol. The first-order valence-electron chi connectivity index (χ1n) is 7.60. The molecule has 3 aliphatic rings. The van der Waals surface area contributed by atoms with E-state index in [1.165, 1.54) is 0 Å². The molecule has 1 saturated heterocycles. The number of ether oxygens (including phenoxy) is 1. The van der Waals surface area contributed by atoms with Crippen LogP contribution < -0.4 is 0 Å². The molecule has 1 heterocycles. The fourth-order valence-corrected chi connectivity index (χ4v) is 4.35. The van der Waals surface area contributed by atoms with Crippen molar-refractivity contribution in [3.05, 3.63) is 47.5 Å². The zero-order chi connectivity index (χ0) is 15.4. The summed E-state index contributed by atoms with van der Waals surface area (Å²) in [5.74, 6) is -1.34. The van der Waals surface area contributed by atoms with Crippen LogP contribution in [0.2, 0.25) is 0 Å². The van der Waals surface area contributed by atoms with E-state index in [2.05, 4.69) is 6.58 Å². The molecule has 2 fully saturated rings. The van der Waals surface area contributed by atoms with Crippen molar-refractivity contribution in [1.29, 1.82) is 0 Å². The molecule has 0 bridgehead atoms. The molecule has 1 aliphatic heterocycles. The lowest BCUT2D eigenvalue weighted by Gasteiger charge is -2.35. The van der Waals surface area contributed by atoms with Gasteiger partial charge in [0.25, 0.3) is 0 Å². The number of hydrogen-bond donors (Lipinski definition) is 0. The Bertz CT molecular complexity index is 718. The van der Waals surface area contributed by atoms with E-state index in [0.29, 0.717) is 12.8 Å². The number of carbonyl (C=O) groups excluding carboxylic acids is 3. The Morgan fingerprint density at radius 2 is 1.73 bits per heavy atom. The minimum Gasteiger partial charge on any atom is -0.393 e. The van der Waals surface area contributed by atoms with Crippen LogP contribution in [0, 0.1) is 11.8 Å². The van der Waals surface area contributed by atoms with E-state index in [1.54, 1.807) is 0 Å². The lowest BCUT2D eigenvalue weighted by Crippen LogP contribution is -2.30. The lowest BCUT2D eigenvalue weighted by molar-refractivity contribution is -0.153. The maximum Gasteiger partial charge on any atom is 0.317 e. The summed E-state index contributed by atoms with van der Waals surface area (Å²) in [5, 5.41) is 0. The molecule has 22 heavy (non-hydrogen) atoms. The largest absolute Gasteiger partial charge is 0.393 e. The van der Waals surface area contributed by atoms with Crippen LogP contribution in [-0.4, -0.2) is 17.7 Å². The Hall–Kier alpha value is -2.23. The predicted octanol–water partition coefficient (Wildman–Crippen LogP) is 2.49. The van der Waals surface area contributed by atoms with Gasteiger partial charge in [-0.25, -0.2) is 0 Å². The number of fused-ring (bicyclic) bond motifs is 3. The van der Waals surface area contributed by atoms with Crippen molar-refractivity contribution >= 4 is 17.7 Å². The Kier molecular flexibility index (Phi) is 2.83. The van der Waals surface area contributed by atoms with Crippen LogP contribution in [0.1, 0.15) is 42.2 Å². The van der Waals surface area contributed by atoms with E-state index in [1.807, 2.05) is 24.3 Å². The molecule has 1 aromatic carbocycles. The van der Waals surface area contributed by atoms with Gasteiger partial charge < -0.3 is 4.74 Å². The van der Waals surface area contributed by atoms with Gasteiger partial charge in [0.1, 0.15) is 5.78 Å². The van der Waals surface area contributed by atoms with Gasteiger partial charge in [0.15, 0.2) is 0 Å². The van der Waals surface area contributed by atoms with Crippen molar-refractivity contribution in [3.63, 3.8) is 0 Å². The molecule has 0 radical (unpaired) electrons. The lowest BCUT2D eigenvalue weighted by atomic mass is 9.66. The number of cyclic esters (lactones) is 2. The topological polar surface area (TPSA) is 60.4 Å². The maximum atomic E-state index is 12.3. The molecule has 1 saturated carbocycles. The van der Waals surface area contributed by atoms with E-state index in [4.69, 9.17) is 4.74 Å². The Morgan fingerprint density at radius 1 is 1.00 bits per heavy atom. The molecule has 1 aromatic rings. The third-order valence-electron chi connectivity index (χ3n) is 5.28. The second-order valence-corrected chi connectivity index (χ2v) is 6.46. The van der Waals surface area contributed by atoms with Gasteiger partial charge in [-0.15, -0.1) is 0 Å². The van der Waals surface area contributed by atoms with Crippen LogP contribution in [0.3, 0.4) is 0 Å².